The highest BCUT2D eigenvalue weighted by Crippen LogP contribution is 2.37. The Morgan fingerprint density at radius 2 is 1.77 bits per heavy atom. The molecular weight excluding hydrogens is 592 g/mol. The van der Waals surface area contributed by atoms with Gasteiger partial charge in [0.25, 0.3) is 11.1 Å². The van der Waals surface area contributed by atoms with Crippen LogP contribution in [0.2, 0.25) is 0 Å². The Balaban J connectivity index is 1.50. The van der Waals surface area contributed by atoms with Crippen LogP contribution in [-0.2, 0) is 29.0 Å². The first-order chi connectivity index (χ1) is 19.3. The highest BCUT2D eigenvalue weighted by molar-refractivity contribution is 9.10. The van der Waals surface area contributed by atoms with Gasteiger partial charge in [0.15, 0.2) is 11.5 Å². The van der Waals surface area contributed by atoms with Gasteiger partial charge in [-0.1, -0.05) is 53.2 Å². The Kier molecular flexibility index (Phi) is 9.84. The van der Waals surface area contributed by atoms with Crippen LogP contribution < -0.4 is 14.8 Å². The third-order valence-electron chi connectivity index (χ3n) is 6.15. The summed E-state index contributed by atoms with van der Waals surface area (Å²) in [7, 11) is 1.55. The van der Waals surface area contributed by atoms with E-state index in [4.69, 9.17) is 9.47 Å². The Bertz CT molecular complexity index is 1450. The van der Waals surface area contributed by atoms with Gasteiger partial charge in [-0.05, 0) is 83.8 Å². The van der Waals surface area contributed by atoms with Gasteiger partial charge in [0.1, 0.15) is 13.2 Å². The molecule has 1 fully saturated rings. The van der Waals surface area contributed by atoms with Crippen molar-refractivity contribution in [2.75, 3.05) is 19.0 Å². The average Bonchev–Trinajstić information content (AvgIpc) is 3.20. The van der Waals surface area contributed by atoms with Crippen LogP contribution in [0.3, 0.4) is 0 Å². The number of methoxy groups -OCH3 is 1. The van der Waals surface area contributed by atoms with Crippen molar-refractivity contribution in [1.82, 2.24) is 4.90 Å². The minimum absolute atomic E-state index is 0.222. The molecule has 0 aromatic heterocycles. The Labute approximate surface area is 246 Å². The zero-order valence-corrected chi connectivity index (χ0v) is 24.6. The molecule has 0 bridgehead atoms. The summed E-state index contributed by atoms with van der Waals surface area (Å²) in [6.07, 6.45) is 4.78. The van der Waals surface area contributed by atoms with Gasteiger partial charge in [-0.2, -0.15) is 0 Å². The molecule has 206 valence electrons. The van der Waals surface area contributed by atoms with E-state index in [-0.39, 0.29) is 11.4 Å². The average molecular weight is 622 g/mol. The minimum atomic E-state index is -0.522. The first kappa shape index (κ1) is 29.2. The van der Waals surface area contributed by atoms with Crippen molar-refractivity contribution in [3.63, 3.8) is 0 Å². The van der Waals surface area contributed by atoms with E-state index in [9.17, 15) is 14.4 Å². The highest BCUT2D eigenvalue weighted by Gasteiger charge is 2.36. The van der Waals surface area contributed by atoms with E-state index in [2.05, 4.69) is 27.8 Å². The lowest BCUT2D eigenvalue weighted by molar-refractivity contribution is -0.127. The van der Waals surface area contributed by atoms with Crippen LogP contribution >= 0.6 is 27.7 Å². The molecule has 0 radical (unpaired) electrons. The molecule has 1 aliphatic heterocycles. The number of thioether (sulfide) groups is 1. The number of nitrogens with zero attached hydrogens (tertiary/aromatic N) is 1. The second-order valence-corrected chi connectivity index (χ2v) is 10.9. The molecule has 1 saturated heterocycles. The number of carbonyl (C=O) groups is 3. The van der Waals surface area contributed by atoms with E-state index in [1.165, 1.54) is 0 Å². The van der Waals surface area contributed by atoms with Crippen molar-refractivity contribution in [3.05, 3.63) is 105 Å². The van der Waals surface area contributed by atoms with Crippen molar-refractivity contribution in [3.8, 4) is 11.5 Å². The van der Waals surface area contributed by atoms with Crippen molar-refractivity contribution in [2.45, 2.75) is 26.4 Å². The molecule has 0 spiro atoms. The molecule has 0 atom stereocenters. The molecule has 0 unspecified atom stereocenters. The number of nitrogens with one attached hydrogen (secondary N) is 1. The normalized spacial score (nSPS) is 14.0. The van der Waals surface area contributed by atoms with Crippen molar-refractivity contribution < 1.29 is 23.9 Å². The fourth-order valence-electron chi connectivity index (χ4n) is 4.08. The molecule has 1 aliphatic rings. The van der Waals surface area contributed by atoms with Gasteiger partial charge in [-0.15, -0.1) is 6.58 Å². The molecule has 9 heteroatoms. The van der Waals surface area contributed by atoms with Gasteiger partial charge in [0.2, 0.25) is 5.91 Å². The molecule has 40 heavy (non-hydrogen) atoms. The number of amides is 3. The summed E-state index contributed by atoms with van der Waals surface area (Å²) in [6.45, 7) is 5.87. The van der Waals surface area contributed by atoms with Crippen molar-refractivity contribution >= 4 is 56.5 Å². The molecule has 1 heterocycles. The zero-order valence-electron chi connectivity index (χ0n) is 22.2. The maximum atomic E-state index is 13.1. The van der Waals surface area contributed by atoms with Gasteiger partial charge in [-0.25, -0.2) is 0 Å². The number of carbonyl (C=O) groups excluding carboxylic acids is 3. The number of halogens is 1. The second kappa shape index (κ2) is 13.5. The number of rotatable bonds is 11. The van der Waals surface area contributed by atoms with Gasteiger partial charge in [0.05, 0.1) is 12.0 Å². The molecule has 1 N–H and O–H groups in total. The molecule has 7 nitrogen and oxygen atoms in total. The van der Waals surface area contributed by atoms with E-state index >= 15 is 0 Å². The lowest BCUT2D eigenvalue weighted by Gasteiger charge is -2.16. The van der Waals surface area contributed by atoms with E-state index in [0.29, 0.717) is 35.8 Å². The van der Waals surface area contributed by atoms with Crippen LogP contribution in [-0.4, -0.2) is 35.6 Å². The molecule has 0 saturated carbocycles. The molecular formula is C31H29BrN2O5S. The molecule has 4 rings (SSSR count). The fraction of sp³-hybridized carbons (Fsp3) is 0.194. The zero-order chi connectivity index (χ0) is 28.6. The van der Waals surface area contributed by atoms with Crippen LogP contribution in [0.15, 0.2) is 82.7 Å². The van der Waals surface area contributed by atoms with Gasteiger partial charge in [0, 0.05) is 15.7 Å². The number of anilines is 1. The summed E-state index contributed by atoms with van der Waals surface area (Å²) < 4.78 is 12.7. The van der Waals surface area contributed by atoms with Crippen LogP contribution in [0.25, 0.3) is 6.08 Å². The summed E-state index contributed by atoms with van der Waals surface area (Å²) in [6, 6.07) is 18.9. The SMILES string of the molecule is C=CCc1cc(/C=C2\SC(=O)N(CC(=O)Nc3ccc(CC)cc3)C2=O)cc(OC)c1OCc1ccc(Br)cc1. The third-order valence-corrected chi connectivity index (χ3v) is 7.59. The van der Waals surface area contributed by atoms with E-state index in [0.717, 1.165) is 44.2 Å². The number of allylic oxidation sites excluding steroid dienone is 1. The predicted octanol–water partition coefficient (Wildman–Crippen LogP) is 7.00. The first-order valence-corrected chi connectivity index (χ1v) is 14.3. The maximum absolute atomic E-state index is 13.1. The fourth-order valence-corrected chi connectivity index (χ4v) is 5.18. The topological polar surface area (TPSA) is 84.9 Å². The summed E-state index contributed by atoms with van der Waals surface area (Å²) in [5.74, 6) is 0.107. The quantitative estimate of drug-likeness (QED) is 0.183. The highest BCUT2D eigenvalue weighted by atomic mass is 79.9. The van der Waals surface area contributed by atoms with Crippen LogP contribution in [0.4, 0.5) is 10.5 Å². The van der Waals surface area contributed by atoms with Crippen molar-refractivity contribution in [2.24, 2.45) is 0 Å². The number of hydrogen-bond donors (Lipinski definition) is 1. The van der Waals surface area contributed by atoms with E-state index < -0.39 is 17.1 Å². The van der Waals surface area contributed by atoms with Gasteiger partial charge in [-0.3, -0.25) is 19.3 Å². The molecule has 3 aromatic carbocycles. The van der Waals surface area contributed by atoms with Crippen LogP contribution in [0, 0.1) is 0 Å². The van der Waals surface area contributed by atoms with Gasteiger partial charge >= 0.3 is 0 Å². The smallest absolute Gasteiger partial charge is 0.294 e. The first-order valence-electron chi connectivity index (χ1n) is 12.6. The largest absolute Gasteiger partial charge is 0.493 e. The third kappa shape index (κ3) is 7.22. The monoisotopic (exact) mass is 620 g/mol. The summed E-state index contributed by atoms with van der Waals surface area (Å²) >= 11 is 4.23. The minimum Gasteiger partial charge on any atom is -0.493 e. The Morgan fingerprint density at radius 1 is 1.07 bits per heavy atom. The number of hydrogen-bond acceptors (Lipinski definition) is 6. The lowest BCUT2D eigenvalue weighted by atomic mass is 10.0. The van der Waals surface area contributed by atoms with Crippen molar-refractivity contribution in [1.29, 1.82) is 0 Å². The Hall–Kier alpha value is -3.82. The van der Waals surface area contributed by atoms with E-state index in [1.54, 1.807) is 37.5 Å². The number of ether oxygens (including phenoxy) is 2. The Morgan fingerprint density at radius 3 is 2.42 bits per heavy atom. The van der Waals surface area contributed by atoms with Crippen LogP contribution in [0.1, 0.15) is 29.2 Å². The molecule has 0 aliphatic carbocycles. The maximum Gasteiger partial charge on any atom is 0.294 e. The van der Waals surface area contributed by atoms with Crippen LogP contribution in [0.5, 0.6) is 11.5 Å². The van der Waals surface area contributed by atoms with E-state index in [1.807, 2.05) is 49.4 Å². The summed E-state index contributed by atoms with van der Waals surface area (Å²) in [5, 5.41) is 2.24. The number of aryl methyl sites for hydroxylation is 1. The number of benzene rings is 3. The standard InChI is InChI=1S/C31H29BrN2O5S/c1-4-6-23-15-22(16-26(38-3)29(23)39-19-21-7-11-24(32)12-8-21)17-27-30(36)34(31(37)40-27)18-28(35)33-25-13-9-20(5-2)10-14-25/h4,7-17H,1,5-6,18-19H2,2-3H3,(H,33,35)/b27-17-. The summed E-state index contributed by atoms with van der Waals surface area (Å²) in [5.41, 5.74) is 4.23. The second-order valence-electron chi connectivity index (χ2n) is 8.99. The predicted molar refractivity (Wildman–Crippen MR) is 162 cm³/mol. The number of imide groups is 1. The lowest BCUT2D eigenvalue weighted by Crippen LogP contribution is -2.36. The molecule has 3 aromatic rings. The van der Waals surface area contributed by atoms with Gasteiger partial charge < -0.3 is 14.8 Å². The molecule has 3 amide bonds. The summed E-state index contributed by atoms with van der Waals surface area (Å²) in [4.78, 5) is 39.4.